The molecule has 21 heavy (non-hydrogen) atoms. The Morgan fingerprint density at radius 3 is 2.57 bits per heavy atom. The molecule has 1 rings (SSSR count). The van der Waals surface area contributed by atoms with Crippen LogP contribution < -0.4 is 0 Å². The molecule has 1 aromatic carbocycles. The Morgan fingerprint density at radius 1 is 1.38 bits per heavy atom. The molecular formula is C13H18ClN3O4. The van der Waals surface area contributed by atoms with Crippen LogP contribution in [0.2, 0.25) is 5.02 Å². The average molecular weight is 316 g/mol. The van der Waals surface area contributed by atoms with Crippen LogP contribution >= 0.6 is 11.6 Å². The van der Waals surface area contributed by atoms with Gasteiger partial charge in [0.05, 0.1) is 11.5 Å². The number of carbonyl (C=O) groups is 1. The molecule has 0 fully saturated rings. The number of benzene rings is 1. The van der Waals surface area contributed by atoms with Crippen molar-refractivity contribution >= 4 is 23.3 Å². The number of carboxylic acid groups (broad SMARTS) is 1. The fourth-order valence-electron chi connectivity index (χ4n) is 1.83. The molecule has 0 radical (unpaired) electrons. The molecule has 1 aromatic rings. The first-order valence-electron chi connectivity index (χ1n) is 6.31. The Morgan fingerprint density at radius 2 is 2.05 bits per heavy atom. The maximum atomic E-state index is 11.0. The number of nitro groups is 1. The zero-order chi connectivity index (χ0) is 16.0. The van der Waals surface area contributed by atoms with Crippen LogP contribution in [0.1, 0.15) is 5.56 Å². The van der Waals surface area contributed by atoms with Gasteiger partial charge in [0.25, 0.3) is 5.69 Å². The van der Waals surface area contributed by atoms with Crippen molar-refractivity contribution in [1.29, 1.82) is 0 Å². The molecule has 116 valence electrons. The lowest BCUT2D eigenvalue weighted by Crippen LogP contribution is -2.35. The SMILES string of the molecule is CN(C)CCN(CC(=O)O)Cc1ccc(Cl)cc1[N+](=O)[O-]. The van der Waals surface area contributed by atoms with Crippen LogP contribution in [0, 0.1) is 10.1 Å². The predicted octanol–water partition coefficient (Wildman–Crippen LogP) is 1.70. The minimum Gasteiger partial charge on any atom is -0.480 e. The monoisotopic (exact) mass is 315 g/mol. The third-order valence-corrected chi connectivity index (χ3v) is 3.10. The van der Waals surface area contributed by atoms with Gasteiger partial charge in [0.2, 0.25) is 0 Å². The summed E-state index contributed by atoms with van der Waals surface area (Å²) in [6.07, 6.45) is 0. The molecular weight excluding hydrogens is 298 g/mol. The number of nitro benzene ring substituents is 1. The zero-order valence-electron chi connectivity index (χ0n) is 12.0. The fraction of sp³-hybridized carbons (Fsp3) is 0.462. The smallest absolute Gasteiger partial charge is 0.317 e. The van der Waals surface area contributed by atoms with Crippen molar-refractivity contribution in [3.8, 4) is 0 Å². The van der Waals surface area contributed by atoms with Gasteiger partial charge in [-0.2, -0.15) is 0 Å². The lowest BCUT2D eigenvalue weighted by atomic mass is 10.1. The van der Waals surface area contributed by atoms with E-state index >= 15 is 0 Å². The van der Waals surface area contributed by atoms with E-state index in [4.69, 9.17) is 16.7 Å². The Labute approximate surface area is 127 Å². The van der Waals surface area contributed by atoms with Gasteiger partial charge in [-0.25, -0.2) is 0 Å². The first-order valence-corrected chi connectivity index (χ1v) is 6.69. The summed E-state index contributed by atoms with van der Waals surface area (Å²) in [6.45, 7) is 1.18. The van der Waals surface area contributed by atoms with Crippen molar-refractivity contribution in [1.82, 2.24) is 9.80 Å². The van der Waals surface area contributed by atoms with Crippen LogP contribution in [0.25, 0.3) is 0 Å². The number of carboxylic acids is 1. The average Bonchev–Trinajstić information content (AvgIpc) is 2.37. The van der Waals surface area contributed by atoms with Crippen molar-refractivity contribution in [3.05, 3.63) is 38.9 Å². The number of nitrogens with zero attached hydrogens (tertiary/aromatic N) is 3. The van der Waals surface area contributed by atoms with Gasteiger partial charge < -0.3 is 10.0 Å². The van der Waals surface area contributed by atoms with E-state index in [1.165, 1.54) is 6.07 Å². The van der Waals surface area contributed by atoms with Gasteiger partial charge >= 0.3 is 5.97 Å². The van der Waals surface area contributed by atoms with Crippen molar-refractivity contribution in [2.75, 3.05) is 33.7 Å². The summed E-state index contributed by atoms with van der Waals surface area (Å²) in [5, 5.41) is 20.3. The number of rotatable bonds is 8. The number of halogens is 1. The number of hydrogen-bond donors (Lipinski definition) is 1. The van der Waals surface area contributed by atoms with Gasteiger partial charge in [-0.1, -0.05) is 11.6 Å². The Bertz CT molecular complexity index is 522. The Hall–Kier alpha value is -1.70. The molecule has 0 spiro atoms. The first-order chi connectivity index (χ1) is 9.79. The maximum Gasteiger partial charge on any atom is 0.317 e. The molecule has 0 aromatic heterocycles. The van der Waals surface area contributed by atoms with Crippen LogP contribution in [0.5, 0.6) is 0 Å². The van der Waals surface area contributed by atoms with Gasteiger partial charge in [-0.3, -0.25) is 19.8 Å². The lowest BCUT2D eigenvalue weighted by molar-refractivity contribution is -0.385. The van der Waals surface area contributed by atoms with Crippen LogP contribution in [-0.2, 0) is 11.3 Å². The highest BCUT2D eigenvalue weighted by atomic mass is 35.5. The van der Waals surface area contributed by atoms with Crippen LogP contribution in [0.4, 0.5) is 5.69 Å². The number of likely N-dealkylation sites (N-methyl/N-ethyl adjacent to an activating group) is 1. The summed E-state index contributed by atoms with van der Waals surface area (Å²) in [4.78, 5) is 25.0. The van der Waals surface area contributed by atoms with Gasteiger partial charge in [0, 0.05) is 36.3 Å². The highest BCUT2D eigenvalue weighted by Crippen LogP contribution is 2.24. The lowest BCUT2D eigenvalue weighted by Gasteiger charge is -2.22. The number of aliphatic carboxylic acids is 1. The molecule has 0 heterocycles. The van der Waals surface area contributed by atoms with E-state index < -0.39 is 10.9 Å². The largest absolute Gasteiger partial charge is 0.480 e. The molecule has 1 N–H and O–H groups in total. The van der Waals surface area contributed by atoms with E-state index in [-0.39, 0.29) is 23.8 Å². The summed E-state index contributed by atoms with van der Waals surface area (Å²) in [7, 11) is 3.76. The minimum absolute atomic E-state index is 0.0947. The molecule has 0 amide bonds. The van der Waals surface area contributed by atoms with Crippen molar-refractivity contribution in [3.63, 3.8) is 0 Å². The van der Waals surface area contributed by atoms with Gasteiger partial charge in [0.15, 0.2) is 0 Å². The van der Waals surface area contributed by atoms with E-state index in [0.717, 1.165) is 0 Å². The van der Waals surface area contributed by atoms with E-state index in [0.29, 0.717) is 18.7 Å². The Balaban J connectivity index is 2.91. The summed E-state index contributed by atoms with van der Waals surface area (Å²) >= 11 is 5.77. The zero-order valence-corrected chi connectivity index (χ0v) is 12.7. The van der Waals surface area contributed by atoms with Crippen LogP contribution in [0.15, 0.2) is 18.2 Å². The van der Waals surface area contributed by atoms with E-state index in [1.807, 2.05) is 19.0 Å². The molecule has 0 aliphatic heterocycles. The summed E-state index contributed by atoms with van der Waals surface area (Å²) in [5.74, 6) is -0.967. The second-order valence-corrected chi connectivity index (χ2v) is 5.37. The summed E-state index contributed by atoms with van der Waals surface area (Å²) < 4.78 is 0. The highest BCUT2D eigenvalue weighted by molar-refractivity contribution is 6.30. The summed E-state index contributed by atoms with van der Waals surface area (Å²) in [6, 6.07) is 4.40. The maximum absolute atomic E-state index is 11.0. The quantitative estimate of drug-likeness (QED) is 0.580. The molecule has 0 atom stereocenters. The van der Waals surface area contributed by atoms with Gasteiger partial charge in [0.1, 0.15) is 0 Å². The second kappa shape index (κ2) is 7.92. The minimum atomic E-state index is -0.967. The van der Waals surface area contributed by atoms with Gasteiger partial charge in [-0.05, 0) is 26.2 Å². The van der Waals surface area contributed by atoms with Crippen molar-refractivity contribution in [2.24, 2.45) is 0 Å². The van der Waals surface area contributed by atoms with Crippen LogP contribution in [-0.4, -0.2) is 59.5 Å². The third-order valence-electron chi connectivity index (χ3n) is 2.86. The van der Waals surface area contributed by atoms with E-state index in [2.05, 4.69) is 0 Å². The molecule has 0 bridgehead atoms. The molecule has 0 aliphatic carbocycles. The van der Waals surface area contributed by atoms with Crippen molar-refractivity contribution in [2.45, 2.75) is 6.54 Å². The summed E-state index contributed by atoms with van der Waals surface area (Å²) in [5.41, 5.74) is 0.354. The molecule has 0 saturated heterocycles. The molecule has 8 heteroatoms. The molecule has 7 nitrogen and oxygen atoms in total. The van der Waals surface area contributed by atoms with E-state index in [9.17, 15) is 14.9 Å². The van der Waals surface area contributed by atoms with Gasteiger partial charge in [-0.15, -0.1) is 0 Å². The normalized spacial score (nSPS) is 11.1. The predicted molar refractivity (Wildman–Crippen MR) is 79.6 cm³/mol. The van der Waals surface area contributed by atoms with Crippen molar-refractivity contribution < 1.29 is 14.8 Å². The topological polar surface area (TPSA) is 86.9 Å². The Kier molecular flexibility index (Phi) is 6.54. The fourth-order valence-corrected chi connectivity index (χ4v) is 1.99. The highest BCUT2D eigenvalue weighted by Gasteiger charge is 2.18. The first kappa shape index (κ1) is 17.4. The second-order valence-electron chi connectivity index (χ2n) is 4.94. The third kappa shape index (κ3) is 6.07. The van der Waals surface area contributed by atoms with E-state index in [1.54, 1.807) is 17.0 Å². The molecule has 0 aliphatic rings. The molecule has 0 saturated carbocycles. The standard InChI is InChI=1S/C13H18ClN3O4/c1-15(2)5-6-16(9-13(18)19)8-10-3-4-11(14)7-12(10)17(20)21/h3-4,7H,5-6,8-9H2,1-2H3,(H,18,19). The molecule has 0 unspecified atom stereocenters. The van der Waals surface area contributed by atoms with Crippen LogP contribution in [0.3, 0.4) is 0 Å². The number of hydrogen-bond acceptors (Lipinski definition) is 5.